The molecule has 8 heteroatoms. The van der Waals surface area contributed by atoms with Gasteiger partial charge in [-0.05, 0) is 80.3 Å². The highest BCUT2D eigenvalue weighted by Crippen LogP contribution is 2.61. The first kappa shape index (κ1) is 22.7. The molecule has 180 valence electrons. The normalized spacial score (nSPS) is 23.3. The molecule has 34 heavy (non-hydrogen) atoms. The van der Waals surface area contributed by atoms with Crippen molar-refractivity contribution in [3.05, 3.63) is 64.7 Å². The molecule has 1 heterocycles. The van der Waals surface area contributed by atoms with E-state index < -0.39 is 23.7 Å². The summed E-state index contributed by atoms with van der Waals surface area (Å²) in [6, 6.07) is 13.0. The van der Waals surface area contributed by atoms with Crippen molar-refractivity contribution < 1.29 is 22.7 Å². The van der Waals surface area contributed by atoms with Crippen LogP contribution in [0.1, 0.15) is 48.9 Å². The fraction of sp³-hybridized carbons (Fsp3) is 0.462. The number of alkyl halides is 3. The molecule has 2 N–H and O–H groups in total. The van der Waals surface area contributed by atoms with E-state index in [4.69, 9.17) is 15.5 Å². The average Bonchev–Trinajstić information content (AvgIpc) is 3.11. The van der Waals surface area contributed by atoms with Gasteiger partial charge in [0.15, 0.2) is 18.1 Å². The summed E-state index contributed by atoms with van der Waals surface area (Å²) < 4.78 is 43.5. The van der Waals surface area contributed by atoms with Crippen molar-refractivity contribution in [2.24, 2.45) is 16.1 Å². The Bertz CT molecular complexity index is 1150. The second kappa shape index (κ2) is 7.75. The molecular formula is C26H28F3N3O2. The third-order valence-corrected chi connectivity index (χ3v) is 7.61. The van der Waals surface area contributed by atoms with Crippen LogP contribution in [-0.2, 0) is 29.6 Å². The topological polar surface area (TPSA) is 67.9 Å². The number of amides is 1. The third kappa shape index (κ3) is 3.37. The number of aryl methyl sites for hydroxylation is 2. The van der Waals surface area contributed by atoms with Crippen LogP contribution in [0.3, 0.4) is 0 Å². The predicted octanol–water partition coefficient (Wildman–Crippen LogP) is 4.51. The summed E-state index contributed by atoms with van der Waals surface area (Å²) >= 11 is 0. The summed E-state index contributed by atoms with van der Waals surface area (Å²) in [6.07, 6.45) is -0.783. The number of guanidine groups is 1. The van der Waals surface area contributed by atoms with Gasteiger partial charge in [0.05, 0.1) is 0 Å². The number of halogens is 3. The van der Waals surface area contributed by atoms with Crippen molar-refractivity contribution in [1.29, 1.82) is 0 Å². The largest absolute Gasteiger partial charge is 0.484 e. The van der Waals surface area contributed by atoms with Crippen LogP contribution in [0.5, 0.6) is 5.75 Å². The maximum atomic E-state index is 14.1. The van der Waals surface area contributed by atoms with Crippen LogP contribution in [0, 0.1) is 5.41 Å². The van der Waals surface area contributed by atoms with Gasteiger partial charge < -0.3 is 10.5 Å². The van der Waals surface area contributed by atoms with E-state index in [-0.39, 0.29) is 23.7 Å². The van der Waals surface area contributed by atoms with Crippen LogP contribution in [0.4, 0.5) is 13.2 Å². The maximum Gasteiger partial charge on any atom is 0.422 e. The fourth-order valence-corrected chi connectivity index (χ4v) is 6.11. The summed E-state index contributed by atoms with van der Waals surface area (Å²) in [5.74, 6) is 0.0438. The van der Waals surface area contributed by atoms with Crippen molar-refractivity contribution in [2.75, 3.05) is 6.61 Å². The number of aliphatic imine (C=N–C) groups is 1. The molecule has 5 nitrogen and oxygen atoms in total. The highest BCUT2D eigenvalue weighted by molar-refractivity contribution is 6.08. The highest BCUT2D eigenvalue weighted by Gasteiger charge is 2.66. The zero-order valence-electron chi connectivity index (χ0n) is 19.3. The van der Waals surface area contributed by atoms with E-state index >= 15 is 0 Å². The number of ether oxygens (including phenoxy) is 1. The quantitative estimate of drug-likeness (QED) is 0.716. The van der Waals surface area contributed by atoms with Gasteiger partial charge >= 0.3 is 6.18 Å². The number of hydrogen-bond acceptors (Lipinski definition) is 4. The number of nitrogens with two attached hydrogens (primary N) is 1. The van der Waals surface area contributed by atoms with Crippen molar-refractivity contribution in [3.8, 4) is 5.75 Å². The van der Waals surface area contributed by atoms with Crippen LogP contribution in [0.15, 0.2) is 47.5 Å². The Morgan fingerprint density at radius 1 is 1.09 bits per heavy atom. The molecule has 1 unspecified atom stereocenters. The molecule has 0 saturated carbocycles. The van der Waals surface area contributed by atoms with Crippen molar-refractivity contribution in [3.63, 3.8) is 0 Å². The van der Waals surface area contributed by atoms with E-state index in [1.807, 2.05) is 26.0 Å². The fourth-order valence-electron chi connectivity index (χ4n) is 6.11. The first-order chi connectivity index (χ1) is 16.1. The standard InChI is InChI=1S/C26H28F3N3O2/c1-16(2)32-22(33)26(31-23(32)30)21-13-20(34-15-25(27,28)29)8-7-19(21)14-24(26)11-9-17-5-3-4-6-18(17)10-12-24/h3-8,13,16H,9-12,14-15H2,1-2H3,(H2,30,31). The Labute approximate surface area is 196 Å². The van der Waals surface area contributed by atoms with Crippen LogP contribution < -0.4 is 10.5 Å². The number of benzene rings is 2. The van der Waals surface area contributed by atoms with E-state index in [0.29, 0.717) is 12.0 Å². The summed E-state index contributed by atoms with van der Waals surface area (Å²) in [7, 11) is 0. The van der Waals surface area contributed by atoms with E-state index in [1.54, 1.807) is 18.2 Å². The number of fused-ring (bicyclic) bond motifs is 4. The second-order valence-corrected chi connectivity index (χ2v) is 9.90. The highest BCUT2D eigenvalue weighted by atomic mass is 19.4. The van der Waals surface area contributed by atoms with Gasteiger partial charge in [-0.1, -0.05) is 30.3 Å². The zero-order valence-corrected chi connectivity index (χ0v) is 19.3. The first-order valence-electron chi connectivity index (χ1n) is 11.7. The lowest BCUT2D eigenvalue weighted by Crippen LogP contribution is -2.52. The third-order valence-electron chi connectivity index (χ3n) is 7.61. The maximum absolute atomic E-state index is 14.1. The lowest BCUT2D eigenvalue weighted by atomic mass is 9.65. The Balaban J connectivity index is 1.63. The van der Waals surface area contributed by atoms with Gasteiger partial charge in [0.25, 0.3) is 5.91 Å². The van der Waals surface area contributed by atoms with Gasteiger partial charge in [-0.3, -0.25) is 9.69 Å². The predicted molar refractivity (Wildman–Crippen MR) is 122 cm³/mol. The Morgan fingerprint density at radius 3 is 2.29 bits per heavy atom. The number of carbonyl (C=O) groups excluding carboxylic acids is 1. The number of hydrogen-bond donors (Lipinski definition) is 1. The van der Waals surface area contributed by atoms with Crippen molar-refractivity contribution >= 4 is 11.9 Å². The molecule has 2 aromatic carbocycles. The molecule has 1 atom stereocenters. The summed E-state index contributed by atoms with van der Waals surface area (Å²) in [5, 5.41) is 0. The average molecular weight is 472 g/mol. The monoisotopic (exact) mass is 471 g/mol. The second-order valence-electron chi connectivity index (χ2n) is 9.90. The number of nitrogens with zero attached hydrogens (tertiary/aromatic N) is 2. The molecule has 0 radical (unpaired) electrons. The Morgan fingerprint density at radius 2 is 1.74 bits per heavy atom. The van der Waals surface area contributed by atoms with Gasteiger partial charge in [0, 0.05) is 11.5 Å². The van der Waals surface area contributed by atoms with Crippen LogP contribution in [-0.4, -0.2) is 35.6 Å². The molecular weight excluding hydrogens is 443 g/mol. The van der Waals surface area contributed by atoms with Crippen LogP contribution in [0.2, 0.25) is 0 Å². The van der Waals surface area contributed by atoms with Crippen LogP contribution >= 0.6 is 0 Å². The molecule has 1 amide bonds. The number of carbonyl (C=O) groups is 1. The summed E-state index contributed by atoms with van der Waals surface area (Å²) in [4.78, 5) is 20.5. The van der Waals surface area contributed by atoms with Gasteiger partial charge in [0.2, 0.25) is 0 Å². The molecule has 0 fully saturated rings. The van der Waals surface area contributed by atoms with E-state index in [1.165, 1.54) is 16.0 Å². The van der Waals surface area contributed by atoms with Crippen molar-refractivity contribution in [2.45, 2.75) is 63.7 Å². The molecule has 5 rings (SSSR count). The summed E-state index contributed by atoms with van der Waals surface area (Å²) in [6.45, 7) is 2.37. The van der Waals surface area contributed by atoms with Gasteiger partial charge in [-0.15, -0.1) is 0 Å². The smallest absolute Gasteiger partial charge is 0.422 e. The van der Waals surface area contributed by atoms with E-state index in [2.05, 4.69) is 12.1 Å². The van der Waals surface area contributed by atoms with Gasteiger partial charge in [-0.25, -0.2) is 4.99 Å². The minimum absolute atomic E-state index is 0.0778. The number of rotatable bonds is 3. The molecule has 0 bridgehead atoms. The van der Waals surface area contributed by atoms with Gasteiger partial charge in [0.1, 0.15) is 5.75 Å². The lowest BCUT2D eigenvalue weighted by molar-refractivity contribution is -0.153. The Hall–Kier alpha value is -3.03. The first-order valence-corrected chi connectivity index (χ1v) is 11.7. The molecule has 2 aliphatic carbocycles. The van der Waals surface area contributed by atoms with Crippen LogP contribution in [0.25, 0.3) is 0 Å². The van der Waals surface area contributed by atoms with Crippen molar-refractivity contribution in [1.82, 2.24) is 4.90 Å². The van der Waals surface area contributed by atoms with E-state index in [0.717, 1.165) is 31.2 Å². The minimum atomic E-state index is -4.45. The lowest BCUT2D eigenvalue weighted by Gasteiger charge is -2.41. The molecule has 1 aliphatic heterocycles. The van der Waals surface area contributed by atoms with E-state index in [9.17, 15) is 18.0 Å². The summed E-state index contributed by atoms with van der Waals surface area (Å²) in [5.41, 5.74) is 8.60. The van der Waals surface area contributed by atoms with Gasteiger partial charge in [-0.2, -0.15) is 13.2 Å². The molecule has 2 aromatic rings. The molecule has 0 saturated heterocycles. The molecule has 3 aliphatic rings. The molecule has 2 spiro atoms. The Kier molecular flexibility index (Phi) is 5.18. The minimum Gasteiger partial charge on any atom is -0.484 e. The SMILES string of the molecule is CC(C)N1C(=O)C2(N=C1N)c1cc(OCC(F)(F)F)ccc1CC21CCc2ccccc2CC1. The zero-order chi connectivity index (χ0) is 24.3. The molecule has 0 aromatic heterocycles.